The van der Waals surface area contributed by atoms with E-state index in [1.54, 1.807) is 18.3 Å². The van der Waals surface area contributed by atoms with E-state index in [-0.39, 0.29) is 0 Å². The summed E-state index contributed by atoms with van der Waals surface area (Å²) in [5, 5.41) is 9.09. The molecule has 4 heteroatoms. The van der Waals surface area contributed by atoms with Gasteiger partial charge in [-0.25, -0.2) is 9.78 Å². The normalized spacial score (nSPS) is 10.4. The minimum Gasteiger partial charge on any atom is -0.478 e. The predicted octanol–water partition coefficient (Wildman–Crippen LogP) is 2.19. The van der Waals surface area contributed by atoms with Crippen LogP contribution in [0.5, 0.6) is 0 Å². The average Bonchev–Trinajstić information content (AvgIpc) is 2.77. The maximum absolute atomic E-state index is 11.1. The number of rotatable bonds is 4. The van der Waals surface area contributed by atoms with Crippen LogP contribution in [-0.4, -0.2) is 20.6 Å². The fourth-order valence-corrected chi connectivity index (χ4v) is 1.85. The van der Waals surface area contributed by atoms with Crippen LogP contribution in [0.1, 0.15) is 28.7 Å². The molecule has 17 heavy (non-hydrogen) atoms. The Bertz CT molecular complexity index is 532. The Morgan fingerprint density at radius 3 is 2.88 bits per heavy atom. The summed E-state index contributed by atoms with van der Waals surface area (Å²) in [4.78, 5) is 15.3. The molecule has 2 rings (SSSR count). The molecule has 0 amide bonds. The van der Waals surface area contributed by atoms with Crippen molar-refractivity contribution < 1.29 is 9.90 Å². The van der Waals surface area contributed by atoms with Gasteiger partial charge in [-0.05, 0) is 18.6 Å². The van der Waals surface area contributed by atoms with Gasteiger partial charge < -0.3 is 9.67 Å². The molecule has 0 fully saturated rings. The fraction of sp³-hybridized carbons (Fsp3) is 0.231. The van der Waals surface area contributed by atoms with E-state index >= 15 is 0 Å². The van der Waals surface area contributed by atoms with Crippen LogP contribution in [0.3, 0.4) is 0 Å². The van der Waals surface area contributed by atoms with Crippen molar-refractivity contribution in [1.82, 2.24) is 9.55 Å². The number of aryl methyl sites for hydroxylation is 1. The van der Waals surface area contributed by atoms with Crippen LogP contribution in [-0.2, 0) is 13.0 Å². The molecular formula is C13H14N2O2. The molecule has 4 nitrogen and oxygen atoms in total. The minimum atomic E-state index is -0.893. The molecule has 1 N–H and O–H groups in total. The van der Waals surface area contributed by atoms with Gasteiger partial charge in [-0.2, -0.15) is 0 Å². The summed E-state index contributed by atoms with van der Waals surface area (Å²) >= 11 is 0. The minimum absolute atomic E-state index is 0.346. The SMILES string of the molecule is CCn1ccnc1Cc1ccccc1C(=O)O. The third kappa shape index (κ3) is 2.36. The molecule has 0 unspecified atom stereocenters. The Kier molecular flexibility index (Phi) is 3.23. The van der Waals surface area contributed by atoms with Crippen molar-refractivity contribution in [3.05, 3.63) is 53.6 Å². The Morgan fingerprint density at radius 1 is 1.41 bits per heavy atom. The first-order valence-electron chi connectivity index (χ1n) is 5.53. The van der Waals surface area contributed by atoms with Gasteiger partial charge in [0.15, 0.2) is 0 Å². The van der Waals surface area contributed by atoms with E-state index in [1.165, 1.54) is 0 Å². The highest BCUT2D eigenvalue weighted by Crippen LogP contribution is 2.13. The Labute approximate surface area is 99.5 Å². The largest absolute Gasteiger partial charge is 0.478 e. The number of carboxylic acid groups (broad SMARTS) is 1. The molecule has 0 aliphatic heterocycles. The van der Waals surface area contributed by atoms with Gasteiger partial charge in [0, 0.05) is 25.4 Å². The van der Waals surface area contributed by atoms with Crippen molar-refractivity contribution in [2.45, 2.75) is 19.9 Å². The number of benzene rings is 1. The van der Waals surface area contributed by atoms with Crippen LogP contribution in [0.25, 0.3) is 0 Å². The molecule has 0 aliphatic carbocycles. The smallest absolute Gasteiger partial charge is 0.335 e. The molecule has 0 radical (unpaired) electrons. The lowest BCUT2D eigenvalue weighted by Gasteiger charge is -2.07. The quantitative estimate of drug-likeness (QED) is 0.876. The van der Waals surface area contributed by atoms with Crippen LogP contribution < -0.4 is 0 Å². The zero-order valence-corrected chi connectivity index (χ0v) is 9.63. The second-order valence-corrected chi connectivity index (χ2v) is 3.77. The lowest BCUT2D eigenvalue weighted by Crippen LogP contribution is -2.06. The molecule has 1 aromatic carbocycles. The van der Waals surface area contributed by atoms with E-state index in [1.807, 2.05) is 29.8 Å². The fourth-order valence-electron chi connectivity index (χ4n) is 1.85. The standard InChI is InChI=1S/C13H14N2O2/c1-2-15-8-7-14-12(15)9-10-5-3-4-6-11(10)13(16)17/h3-8H,2,9H2,1H3,(H,16,17). The van der Waals surface area contributed by atoms with Crippen LogP contribution in [0.15, 0.2) is 36.7 Å². The van der Waals surface area contributed by atoms with E-state index in [9.17, 15) is 4.79 Å². The number of hydrogen-bond acceptors (Lipinski definition) is 2. The van der Waals surface area contributed by atoms with E-state index in [4.69, 9.17) is 5.11 Å². The van der Waals surface area contributed by atoms with Crippen LogP contribution in [0.4, 0.5) is 0 Å². The first kappa shape index (κ1) is 11.4. The van der Waals surface area contributed by atoms with Gasteiger partial charge in [-0.1, -0.05) is 18.2 Å². The second kappa shape index (κ2) is 4.82. The van der Waals surface area contributed by atoms with E-state index in [2.05, 4.69) is 4.98 Å². The summed E-state index contributed by atoms with van der Waals surface area (Å²) in [6.07, 6.45) is 4.18. The first-order valence-corrected chi connectivity index (χ1v) is 5.53. The van der Waals surface area contributed by atoms with Crippen molar-refractivity contribution >= 4 is 5.97 Å². The van der Waals surface area contributed by atoms with Crippen molar-refractivity contribution in [2.75, 3.05) is 0 Å². The number of carboxylic acids is 1. The van der Waals surface area contributed by atoms with E-state index in [0.29, 0.717) is 12.0 Å². The highest BCUT2D eigenvalue weighted by molar-refractivity contribution is 5.89. The maximum Gasteiger partial charge on any atom is 0.335 e. The van der Waals surface area contributed by atoms with Gasteiger partial charge in [0.2, 0.25) is 0 Å². The molecule has 0 aliphatic rings. The summed E-state index contributed by atoms with van der Waals surface area (Å²) in [5.41, 5.74) is 1.14. The molecule has 0 saturated heterocycles. The first-order chi connectivity index (χ1) is 8.22. The molecule has 1 heterocycles. The van der Waals surface area contributed by atoms with Gasteiger partial charge in [0.25, 0.3) is 0 Å². The number of hydrogen-bond donors (Lipinski definition) is 1. The number of carbonyl (C=O) groups is 1. The van der Waals surface area contributed by atoms with Gasteiger partial charge in [0.05, 0.1) is 5.56 Å². The maximum atomic E-state index is 11.1. The number of imidazole rings is 1. The Morgan fingerprint density at radius 2 is 2.18 bits per heavy atom. The molecule has 0 saturated carbocycles. The topological polar surface area (TPSA) is 55.1 Å². The average molecular weight is 230 g/mol. The Balaban J connectivity index is 2.33. The van der Waals surface area contributed by atoms with E-state index in [0.717, 1.165) is 17.9 Å². The van der Waals surface area contributed by atoms with Crippen LogP contribution >= 0.6 is 0 Å². The third-order valence-electron chi connectivity index (χ3n) is 2.74. The van der Waals surface area contributed by atoms with Crippen LogP contribution in [0, 0.1) is 0 Å². The number of nitrogens with zero attached hydrogens (tertiary/aromatic N) is 2. The van der Waals surface area contributed by atoms with Crippen molar-refractivity contribution in [3.8, 4) is 0 Å². The molecule has 2 aromatic rings. The lowest BCUT2D eigenvalue weighted by atomic mass is 10.0. The summed E-state index contributed by atoms with van der Waals surface area (Å²) in [5.74, 6) is -0.00333. The zero-order valence-electron chi connectivity index (χ0n) is 9.63. The lowest BCUT2D eigenvalue weighted by molar-refractivity contribution is 0.0696. The van der Waals surface area contributed by atoms with Crippen LogP contribution in [0.2, 0.25) is 0 Å². The van der Waals surface area contributed by atoms with Gasteiger partial charge in [-0.3, -0.25) is 0 Å². The van der Waals surface area contributed by atoms with E-state index < -0.39 is 5.97 Å². The molecule has 0 bridgehead atoms. The summed E-state index contributed by atoms with van der Waals surface area (Å²) in [6.45, 7) is 2.87. The molecule has 1 aromatic heterocycles. The van der Waals surface area contributed by atoms with Crippen molar-refractivity contribution in [2.24, 2.45) is 0 Å². The molecule has 88 valence electrons. The van der Waals surface area contributed by atoms with Gasteiger partial charge in [0.1, 0.15) is 5.82 Å². The highest BCUT2D eigenvalue weighted by atomic mass is 16.4. The number of aromatic nitrogens is 2. The van der Waals surface area contributed by atoms with Gasteiger partial charge in [-0.15, -0.1) is 0 Å². The van der Waals surface area contributed by atoms with Gasteiger partial charge >= 0.3 is 5.97 Å². The monoisotopic (exact) mass is 230 g/mol. The molecule has 0 atom stereocenters. The summed E-state index contributed by atoms with van der Waals surface area (Å²) in [7, 11) is 0. The zero-order chi connectivity index (χ0) is 12.3. The van der Waals surface area contributed by atoms with Crippen molar-refractivity contribution in [1.29, 1.82) is 0 Å². The van der Waals surface area contributed by atoms with Crippen molar-refractivity contribution in [3.63, 3.8) is 0 Å². The summed E-state index contributed by atoms with van der Waals surface area (Å²) in [6, 6.07) is 7.04. The second-order valence-electron chi connectivity index (χ2n) is 3.77. The number of aromatic carboxylic acids is 1. The highest BCUT2D eigenvalue weighted by Gasteiger charge is 2.11. The summed E-state index contributed by atoms with van der Waals surface area (Å²) < 4.78 is 2.01. The third-order valence-corrected chi connectivity index (χ3v) is 2.74. The predicted molar refractivity (Wildman–Crippen MR) is 64.1 cm³/mol. The Hall–Kier alpha value is -2.10. The molecule has 0 spiro atoms. The molecular weight excluding hydrogens is 216 g/mol.